The molecule has 5 nitrogen and oxygen atoms in total. The summed E-state index contributed by atoms with van der Waals surface area (Å²) in [5, 5.41) is 0. The minimum Gasteiger partial charge on any atom is -0.377 e. The van der Waals surface area contributed by atoms with Crippen LogP contribution in [0.3, 0.4) is 0 Å². The van der Waals surface area contributed by atoms with E-state index in [1.807, 2.05) is 0 Å². The fourth-order valence-corrected chi connectivity index (χ4v) is 4.11. The van der Waals surface area contributed by atoms with Gasteiger partial charge in [-0.3, -0.25) is 4.90 Å². The van der Waals surface area contributed by atoms with E-state index >= 15 is 0 Å². The van der Waals surface area contributed by atoms with Crippen molar-refractivity contribution in [3.8, 4) is 0 Å². The molecule has 0 N–H and O–H groups in total. The Morgan fingerprint density at radius 3 is 2.00 bits per heavy atom. The van der Waals surface area contributed by atoms with Gasteiger partial charge in [-0.05, 0) is 51.9 Å². The van der Waals surface area contributed by atoms with Gasteiger partial charge in [-0.1, -0.05) is 20.8 Å². The molecule has 0 aromatic heterocycles. The predicted molar refractivity (Wildman–Crippen MR) is 114 cm³/mol. The van der Waals surface area contributed by atoms with Crippen LogP contribution < -0.4 is 0 Å². The molecule has 0 radical (unpaired) electrons. The molecule has 1 saturated carbocycles. The van der Waals surface area contributed by atoms with Crippen molar-refractivity contribution >= 4 is 0 Å². The number of rotatable bonds is 8. The van der Waals surface area contributed by atoms with Gasteiger partial charge in [-0.15, -0.1) is 0 Å². The van der Waals surface area contributed by atoms with Crippen LogP contribution in [0.4, 0.5) is 0 Å². The molecule has 0 unspecified atom stereocenters. The van der Waals surface area contributed by atoms with Crippen molar-refractivity contribution < 1.29 is 14.2 Å². The van der Waals surface area contributed by atoms with E-state index in [-0.39, 0.29) is 11.0 Å². The topological polar surface area (TPSA) is 34.2 Å². The second-order valence-electron chi connectivity index (χ2n) is 11.3. The first-order valence-corrected chi connectivity index (χ1v) is 11.4. The first-order valence-electron chi connectivity index (χ1n) is 11.4. The van der Waals surface area contributed by atoms with Crippen molar-refractivity contribution in [3.05, 3.63) is 0 Å². The monoisotopic (exact) mass is 396 g/mol. The second-order valence-corrected chi connectivity index (χ2v) is 11.3. The number of ether oxygens (including phenoxy) is 3. The largest absolute Gasteiger partial charge is 0.377 e. The molecule has 3 aliphatic rings. The lowest BCUT2D eigenvalue weighted by Crippen LogP contribution is -2.59. The molecule has 3 rings (SSSR count). The summed E-state index contributed by atoms with van der Waals surface area (Å²) < 4.78 is 18.3. The number of likely N-dealkylation sites (tertiary alicyclic amines) is 2. The van der Waals surface area contributed by atoms with E-state index in [1.165, 1.54) is 0 Å². The Labute approximate surface area is 173 Å². The van der Waals surface area contributed by atoms with Crippen molar-refractivity contribution in [2.45, 2.75) is 97.2 Å². The minimum absolute atomic E-state index is 0.257. The summed E-state index contributed by atoms with van der Waals surface area (Å²) in [6.45, 7) is 20.7. The van der Waals surface area contributed by atoms with Gasteiger partial charge >= 0.3 is 0 Å². The maximum atomic E-state index is 6.31. The van der Waals surface area contributed by atoms with Gasteiger partial charge in [0.25, 0.3) is 0 Å². The van der Waals surface area contributed by atoms with Crippen LogP contribution in [0.2, 0.25) is 0 Å². The summed E-state index contributed by atoms with van der Waals surface area (Å²) in [5.74, 6) is 0. The fourth-order valence-electron chi connectivity index (χ4n) is 4.11. The summed E-state index contributed by atoms with van der Waals surface area (Å²) in [7, 11) is 0. The van der Waals surface area contributed by atoms with Gasteiger partial charge in [0.15, 0.2) is 0 Å². The van der Waals surface area contributed by atoms with Gasteiger partial charge in [0.1, 0.15) is 0 Å². The zero-order chi connectivity index (χ0) is 20.4. The molecular formula is C23H44N2O3. The highest BCUT2D eigenvalue weighted by Crippen LogP contribution is 2.31. The number of hydrogen-bond acceptors (Lipinski definition) is 5. The molecule has 2 aliphatic heterocycles. The van der Waals surface area contributed by atoms with Crippen molar-refractivity contribution in [2.75, 3.05) is 45.9 Å². The molecule has 1 aliphatic carbocycles. The average molecular weight is 397 g/mol. The van der Waals surface area contributed by atoms with E-state index in [0.29, 0.717) is 24.4 Å². The smallest absolute Gasteiger partial charge is 0.0829 e. The SMILES string of the molecule is CC(C)(C)COC1CC(OC2CCN(CCOC3CN(C(C)(C)C)C3)CC2)C1. The van der Waals surface area contributed by atoms with Crippen LogP contribution in [0.5, 0.6) is 0 Å². The Morgan fingerprint density at radius 2 is 1.43 bits per heavy atom. The molecule has 0 aromatic rings. The number of piperidine rings is 1. The first kappa shape index (κ1) is 22.5. The maximum Gasteiger partial charge on any atom is 0.0829 e. The van der Waals surface area contributed by atoms with E-state index in [1.54, 1.807) is 0 Å². The second kappa shape index (κ2) is 9.30. The van der Waals surface area contributed by atoms with Crippen molar-refractivity contribution in [2.24, 2.45) is 5.41 Å². The highest BCUT2D eigenvalue weighted by Gasteiger charge is 2.36. The van der Waals surface area contributed by atoms with Crippen molar-refractivity contribution in [1.29, 1.82) is 0 Å². The molecule has 0 aromatic carbocycles. The van der Waals surface area contributed by atoms with Gasteiger partial charge in [-0.25, -0.2) is 0 Å². The Hall–Kier alpha value is -0.200. The van der Waals surface area contributed by atoms with Crippen LogP contribution in [0.25, 0.3) is 0 Å². The van der Waals surface area contributed by atoms with Crippen LogP contribution in [-0.4, -0.2) is 85.7 Å². The molecule has 0 spiro atoms. The lowest BCUT2D eigenvalue weighted by atomic mass is 9.90. The third-order valence-electron chi connectivity index (χ3n) is 6.28. The zero-order valence-corrected chi connectivity index (χ0v) is 19.2. The summed E-state index contributed by atoms with van der Waals surface area (Å²) in [6.07, 6.45) is 6.20. The van der Waals surface area contributed by atoms with Crippen LogP contribution in [0, 0.1) is 5.41 Å². The minimum atomic E-state index is 0.257. The van der Waals surface area contributed by atoms with Crippen LogP contribution in [0.15, 0.2) is 0 Å². The fraction of sp³-hybridized carbons (Fsp3) is 1.00. The molecule has 5 heteroatoms. The van der Waals surface area contributed by atoms with Crippen LogP contribution >= 0.6 is 0 Å². The van der Waals surface area contributed by atoms with E-state index in [2.05, 4.69) is 51.3 Å². The van der Waals surface area contributed by atoms with Gasteiger partial charge < -0.3 is 19.1 Å². The zero-order valence-electron chi connectivity index (χ0n) is 19.2. The Bertz CT molecular complexity index is 465. The molecule has 2 heterocycles. The average Bonchev–Trinajstić information content (AvgIpc) is 2.50. The van der Waals surface area contributed by atoms with E-state index in [0.717, 1.165) is 71.6 Å². The van der Waals surface area contributed by atoms with Crippen LogP contribution in [0.1, 0.15) is 67.2 Å². The lowest BCUT2D eigenvalue weighted by Gasteiger charge is -2.47. The molecule has 0 atom stereocenters. The Balaban J connectivity index is 1.19. The molecule has 164 valence electrons. The third kappa shape index (κ3) is 6.94. The van der Waals surface area contributed by atoms with E-state index in [4.69, 9.17) is 14.2 Å². The van der Waals surface area contributed by atoms with Crippen molar-refractivity contribution in [1.82, 2.24) is 9.80 Å². The standard InChI is InChI=1S/C23H44N2O3/c1-22(2,3)17-27-19-13-20(14-19)28-18-7-9-24(10-8-18)11-12-26-21-15-25(16-21)23(4,5)6/h18-21H,7-17H2,1-6H3. The molecule has 2 saturated heterocycles. The summed E-state index contributed by atoms with van der Waals surface area (Å²) >= 11 is 0. The summed E-state index contributed by atoms with van der Waals surface area (Å²) in [4.78, 5) is 5.02. The number of hydrogen-bond donors (Lipinski definition) is 0. The number of nitrogens with zero attached hydrogens (tertiary/aromatic N) is 2. The molecule has 0 amide bonds. The molecule has 0 bridgehead atoms. The van der Waals surface area contributed by atoms with Gasteiger partial charge in [-0.2, -0.15) is 0 Å². The quantitative estimate of drug-likeness (QED) is 0.627. The highest BCUT2D eigenvalue weighted by molar-refractivity contribution is 4.89. The Kier molecular flexibility index (Phi) is 7.47. The normalized spacial score (nSPS) is 28.9. The van der Waals surface area contributed by atoms with Gasteiger partial charge in [0.2, 0.25) is 0 Å². The molecular weight excluding hydrogens is 352 g/mol. The molecule has 3 fully saturated rings. The highest BCUT2D eigenvalue weighted by atomic mass is 16.5. The van der Waals surface area contributed by atoms with Crippen LogP contribution in [-0.2, 0) is 14.2 Å². The summed E-state index contributed by atoms with van der Waals surface area (Å²) in [6, 6.07) is 0. The first-order chi connectivity index (χ1) is 13.1. The maximum absolute atomic E-state index is 6.31. The van der Waals surface area contributed by atoms with Crippen molar-refractivity contribution in [3.63, 3.8) is 0 Å². The third-order valence-corrected chi connectivity index (χ3v) is 6.28. The molecule has 28 heavy (non-hydrogen) atoms. The lowest BCUT2D eigenvalue weighted by molar-refractivity contribution is -0.143. The van der Waals surface area contributed by atoms with Gasteiger partial charge in [0.05, 0.1) is 37.6 Å². The Morgan fingerprint density at radius 1 is 0.786 bits per heavy atom. The predicted octanol–water partition coefficient (Wildman–Crippen LogP) is 3.56. The summed E-state index contributed by atoms with van der Waals surface area (Å²) in [5.41, 5.74) is 0.536. The van der Waals surface area contributed by atoms with Gasteiger partial charge in [0, 0.05) is 38.3 Å². The van der Waals surface area contributed by atoms with E-state index < -0.39 is 0 Å². The van der Waals surface area contributed by atoms with E-state index in [9.17, 15) is 0 Å².